The number of hydrogen-bond donors (Lipinski definition) is 0. The van der Waals surface area contributed by atoms with Crippen molar-refractivity contribution in [2.45, 2.75) is 32.4 Å². The topological polar surface area (TPSA) is 68.7 Å². The third-order valence-electron chi connectivity index (χ3n) is 5.08. The number of thiazole rings is 1. The molecule has 3 aromatic rings. The van der Waals surface area contributed by atoms with Crippen molar-refractivity contribution < 1.29 is 19.1 Å². The lowest BCUT2D eigenvalue weighted by molar-refractivity contribution is -0.143. The van der Waals surface area contributed by atoms with Gasteiger partial charge in [-0.15, -0.1) is 11.3 Å². The van der Waals surface area contributed by atoms with Gasteiger partial charge in [-0.05, 0) is 37.6 Å². The summed E-state index contributed by atoms with van der Waals surface area (Å²) >= 11 is 1.60. The van der Waals surface area contributed by atoms with E-state index in [1.807, 2.05) is 41.8 Å². The summed E-state index contributed by atoms with van der Waals surface area (Å²) in [6, 6.07) is 15.0. The Bertz CT molecular complexity index is 1080. The Labute approximate surface area is 179 Å². The largest absolute Gasteiger partial charge is 0.479 e. The maximum Gasteiger partial charge on any atom is 0.328 e. The Kier molecular flexibility index (Phi) is 5.55. The highest BCUT2D eigenvalue weighted by Crippen LogP contribution is 2.39. The zero-order valence-electron chi connectivity index (χ0n) is 17.0. The van der Waals surface area contributed by atoms with Crippen LogP contribution in [-0.2, 0) is 20.7 Å². The average molecular weight is 423 g/mol. The Morgan fingerprint density at radius 3 is 2.77 bits per heavy atom. The fraction of sp³-hybridized carbons (Fsp3) is 0.261. The molecule has 7 heteroatoms. The normalized spacial score (nSPS) is 16.6. The molecule has 0 fully saturated rings. The number of rotatable bonds is 5. The van der Waals surface area contributed by atoms with Gasteiger partial charge < -0.3 is 9.47 Å². The van der Waals surface area contributed by atoms with E-state index in [4.69, 9.17) is 14.5 Å². The number of anilines is 1. The molecule has 1 aromatic heterocycles. The van der Waals surface area contributed by atoms with Gasteiger partial charge in [0.2, 0.25) is 0 Å². The molecule has 0 aliphatic carbocycles. The van der Waals surface area contributed by atoms with Crippen molar-refractivity contribution in [2.75, 3.05) is 12.0 Å². The Hall–Kier alpha value is -3.19. The zero-order chi connectivity index (χ0) is 21.3. The van der Waals surface area contributed by atoms with E-state index in [0.29, 0.717) is 11.4 Å². The lowest BCUT2D eigenvalue weighted by Crippen LogP contribution is -2.51. The van der Waals surface area contributed by atoms with Gasteiger partial charge in [0.25, 0.3) is 5.91 Å². The van der Waals surface area contributed by atoms with Crippen LogP contribution in [0.5, 0.6) is 5.75 Å². The summed E-state index contributed by atoms with van der Waals surface area (Å²) in [6.45, 7) is 3.32. The van der Waals surface area contributed by atoms with Crippen LogP contribution in [0.15, 0.2) is 53.9 Å². The van der Waals surface area contributed by atoms with Crippen molar-refractivity contribution in [2.24, 2.45) is 0 Å². The minimum atomic E-state index is -0.757. The first kappa shape index (κ1) is 20.1. The fourth-order valence-corrected chi connectivity index (χ4v) is 4.33. The third-order valence-corrected chi connectivity index (χ3v) is 5.93. The number of esters is 1. The molecule has 1 aliphatic heterocycles. The first-order valence-electron chi connectivity index (χ1n) is 9.68. The summed E-state index contributed by atoms with van der Waals surface area (Å²) in [7, 11) is 1.31. The van der Waals surface area contributed by atoms with Gasteiger partial charge in [0.05, 0.1) is 23.5 Å². The molecule has 0 spiro atoms. The zero-order valence-corrected chi connectivity index (χ0v) is 17.8. The molecule has 0 saturated carbocycles. The van der Waals surface area contributed by atoms with Crippen LogP contribution in [0.4, 0.5) is 5.69 Å². The molecule has 0 bridgehead atoms. The third kappa shape index (κ3) is 3.80. The lowest BCUT2D eigenvalue weighted by atomic mass is 10.1. The van der Waals surface area contributed by atoms with Crippen LogP contribution in [0.2, 0.25) is 0 Å². The van der Waals surface area contributed by atoms with E-state index in [1.165, 1.54) is 17.6 Å². The average Bonchev–Trinajstić information content (AvgIpc) is 3.22. The van der Waals surface area contributed by atoms with E-state index in [1.54, 1.807) is 25.2 Å². The molecule has 0 saturated heterocycles. The molecule has 2 unspecified atom stereocenters. The first-order chi connectivity index (χ1) is 14.5. The van der Waals surface area contributed by atoms with Gasteiger partial charge in [0, 0.05) is 17.4 Å². The number of fused-ring (bicyclic) bond motifs is 1. The highest BCUT2D eigenvalue weighted by Gasteiger charge is 2.37. The number of carbonyl (C=O) groups excluding carboxylic acids is 2. The number of aromatic nitrogens is 1. The van der Waals surface area contributed by atoms with Crippen LogP contribution in [0, 0.1) is 0 Å². The van der Waals surface area contributed by atoms with Crippen LogP contribution in [0.1, 0.15) is 24.4 Å². The highest BCUT2D eigenvalue weighted by atomic mass is 32.1. The summed E-state index contributed by atoms with van der Waals surface area (Å²) < 4.78 is 10.6. The number of hydrogen-bond acceptors (Lipinski definition) is 6. The molecule has 6 nitrogen and oxygen atoms in total. The number of amides is 1. The molecule has 1 amide bonds. The predicted molar refractivity (Wildman–Crippen MR) is 116 cm³/mol. The molecule has 4 rings (SSSR count). The molecule has 2 atom stereocenters. The van der Waals surface area contributed by atoms with Crippen LogP contribution in [0.3, 0.4) is 0 Å². The van der Waals surface area contributed by atoms with Gasteiger partial charge >= 0.3 is 5.97 Å². The Morgan fingerprint density at radius 2 is 2.03 bits per heavy atom. The summed E-state index contributed by atoms with van der Waals surface area (Å²) in [4.78, 5) is 31.1. The number of methoxy groups -OCH3 is 1. The molecular formula is C23H22N2O4S. The molecule has 0 N–H and O–H groups in total. The molecule has 0 radical (unpaired) electrons. The summed E-state index contributed by atoms with van der Waals surface area (Å²) in [5, 5.41) is 3.01. The monoisotopic (exact) mass is 422 g/mol. The van der Waals surface area contributed by atoms with Crippen LogP contribution < -0.4 is 9.64 Å². The highest BCUT2D eigenvalue weighted by molar-refractivity contribution is 7.10. The van der Waals surface area contributed by atoms with Crippen molar-refractivity contribution >= 4 is 28.9 Å². The van der Waals surface area contributed by atoms with Crippen LogP contribution in [-0.4, -0.2) is 36.1 Å². The van der Waals surface area contributed by atoms with E-state index < -0.39 is 18.1 Å². The van der Waals surface area contributed by atoms with Crippen LogP contribution >= 0.6 is 11.3 Å². The second-order valence-corrected chi connectivity index (χ2v) is 8.08. The van der Waals surface area contributed by atoms with E-state index in [2.05, 4.69) is 12.1 Å². The van der Waals surface area contributed by atoms with Crippen molar-refractivity contribution in [1.29, 1.82) is 0 Å². The summed E-state index contributed by atoms with van der Waals surface area (Å²) in [5.41, 5.74) is 3.43. The maximum atomic E-state index is 12.8. The number of ether oxygens (including phenoxy) is 2. The minimum absolute atomic E-state index is 0.277. The lowest BCUT2D eigenvalue weighted by Gasteiger charge is -2.35. The molecule has 1 aliphatic rings. The fourth-order valence-electron chi connectivity index (χ4n) is 3.49. The van der Waals surface area contributed by atoms with Gasteiger partial charge in [-0.1, -0.05) is 30.3 Å². The van der Waals surface area contributed by atoms with Crippen LogP contribution in [0.25, 0.3) is 11.3 Å². The SMILES string of the molecule is COC(=O)C(C)N1C(=O)C(C)Oc2ccc(-c3csc(Cc4ccccc4)n3)cc21. The summed E-state index contributed by atoms with van der Waals surface area (Å²) in [5.74, 6) is -0.199. The van der Waals surface area contributed by atoms with Crippen molar-refractivity contribution in [3.63, 3.8) is 0 Å². The van der Waals surface area contributed by atoms with Gasteiger partial charge in [-0.2, -0.15) is 0 Å². The molecular weight excluding hydrogens is 400 g/mol. The molecule has 2 heterocycles. The minimum Gasteiger partial charge on any atom is -0.479 e. The van der Waals surface area contributed by atoms with E-state index in [9.17, 15) is 9.59 Å². The van der Waals surface area contributed by atoms with Crippen molar-refractivity contribution in [1.82, 2.24) is 4.98 Å². The maximum absolute atomic E-state index is 12.8. The smallest absolute Gasteiger partial charge is 0.328 e. The Balaban J connectivity index is 1.67. The first-order valence-corrected chi connectivity index (χ1v) is 10.6. The van der Waals surface area contributed by atoms with Gasteiger partial charge in [0.1, 0.15) is 11.8 Å². The molecule has 30 heavy (non-hydrogen) atoms. The number of carbonyl (C=O) groups is 2. The van der Waals surface area contributed by atoms with Crippen molar-refractivity contribution in [3.05, 3.63) is 64.5 Å². The van der Waals surface area contributed by atoms with Gasteiger partial charge in [-0.3, -0.25) is 9.69 Å². The molecule has 154 valence electrons. The number of nitrogens with zero attached hydrogens (tertiary/aromatic N) is 2. The number of benzene rings is 2. The van der Waals surface area contributed by atoms with Gasteiger partial charge in [0.15, 0.2) is 6.10 Å². The second kappa shape index (κ2) is 8.28. The summed E-state index contributed by atoms with van der Waals surface area (Å²) in [6.07, 6.45) is 0.0911. The van der Waals surface area contributed by atoms with E-state index in [-0.39, 0.29) is 5.91 Å². The molecule has 2 aromatic carbocycles. The standard InChI is InChI=1S/C23H22N2O4S/c1-14(23(27)28-3)25-19-12-17(9-10-20(19)29-15(2)22(25)26)18-13-30-21(24-18)11-16-7-5-4-6-8-16/h4-10,12-15H,11H2,1-3H3. The predicted octanol–water partition coefficient (Wildman–Crippen LogP) is 4.08. The van der Waals surface area contributed by atoms with Crippen molar-refractivity contribution in [3.8, 4) is 17.0 Å². The van der Waals surface area contributed by atoms with E-state index >= 15 is 0 Å². The second-order valence-electron chi connectivity index (χ2n) is 7.14. The quantitative estimate of drug-likeness (QED) is 0.580. The Morgan fingerprint density at radius 1 is 1.27 bits per heavy atom. The van der Waals surface area contributed by atoms with Gasteiger partial charge in [-0.25, -0.2) is 9.78 Å². The van der Waals surface area contributed by atoms with E-state index in [0.717, 1.165) is 22.7 Å².